The molecule has 2 aromatic heterocycles. The lowest BCUT2D eigenvalue weighted by atomic mass is 10.2. The van der Waals surface area contributed by atoms with E-state index < -0.39 is 11.2 Å². The fraction of sp³-hybridized carbons (Fsp3) is 0.154. The van der Waals surface area contributed by atoms with E-state index in [-0.39, 0.29) is 0 Å². The minimum absolute atomic E-state index is 0.321. The zero-order chi connectivity index (χ0) is 13.4. The summed E-state index contributed by atoms with van der Waals surface area (Å²) in [5.74, 6) is 0.686. The van der Waals surface area contributed by atoms with Crippen LogP contribution in [-0.4, -0.2) is 19.5 Å². The third-order valence-electron chi connectivity index (χ3n) is 3.02. The Kier molecular flexibility index (Phi) is 2.56. The molecule has 0 aliphatic rings. The van der Waals surface area contributed by atoms with E-state index in [1.165, 1.54) is 0 Å². The van der Waals surface area contributed by atoms with Crippen LogP contribution in [0.3, 0.4) is 0 Å². The highest BCUT2D eigenvalue weighted by molar-refractivity contribution is 5.70. The lowest BCUT2D eigenvalue weighted by Gasteiger charge is -2.05. The lowest BCUT2D eigenvalue weighted by Crippen LogP contribution is -2.23. The molecule has 0 aliphatic carbocycles. The Hall–Kier alpha value is -2.63. The van der Waals surface area contributed by atoms with Gasteiger partial charge in [-0.15, -0.1) is 0 Å². The zero-order valence-corrected chi connectivity index (χ0v) is 10.3. The molecule has 0 radical (unpaired) electrons. The first-order valence-corrected chi connectivity index (χ1v) is 5.88. The van der Waals surface area contributed by atoms with Gasteiger partial charge in [-0.1, -0.05) is 30.3 Å². The molecular weight excluding hydrogens is 244 g/mol. The van der Waals surface area contributed by atoms with Crippen molar-refractivity contribution in [2.24, 2.45) is 0 Å². The molecule has 0 unspecified atom stereocenters. The second-order valence-electron chi connectivity index (χ2n) is 4.34. The van der Waals surface area contributed by atoms with Crippen molar-refractivity contribution in [1.29, 1.82) is 0 Å². The molecule has 0 fully saturated rings. The topological polar surface area (TPSA) is 83.5 Å². The van der Waals surface area contributed by atoms with Crippen molar-refractivity contribution in [1.82, 2.24) is 19.5 Å². The van der Waals surface area contributed by atoms with Crippen LogP contribution in [0, 0.1) is 6.92 Å². The SMILES string of the molecule is Cc1nc2[nH]c(=O)[nH]c(=O)c2n1Cc1ccccc1. The van der Waals surface area contributed by atoms with Gasteiger partial charge in [0.2, 0.25) is 0 Å². The van der Waals surface area contributed by atoms with Gasteiger partial charge in [0.05, 0.1) is 0 Å². The van der Waals surface area contributed by atoms with E-state index in [1.807, 2.05) is 30.3 Å². The summed E-state index contributed by atoms with van der Waals surface area (Å²) in [6.45, 7) is 2.35. The number of nitrogens with one attached hydrogen (secondary N) is 2. The van der Waals surface area contributed by atoms with Crippen molar-refractivity contribution in [3.63, 3.8) is 0 Å². The van der Waals surface area contributed by atoms with Gasteiger partial charge >= 0.3 is 5.69 Å². The number of fused-ring (bicyclic) bond motifs is 1. The van der Waals surface area contributed by atoms with E-state index in [2.05, 4.69) is 15.0 Å². The molecule has 19 heavy (non-hydrogen) atoms. The standard InChI is InChI=1S/C13H12N4O2/c1-8-14-11-10(12(18)16-13(19)15-11)17(8)7-9-5-3-2-4-6-9/h2-6H,7H2,1H3,(H2,15,16,18,19). The molecule has 6 nitrogen and oxygen atoms in total. The molecule has 1 aromatic carbocycles. The normalized spacial score (nSPS) is 11.0. The van der Waals surface area contributed by atoms with Gasteiger partial charge < -0.3 is 4.57 Å². The number of aromatic amines is 2. The van der Waals surface area contributed by atoms with Crippen LogP contribution in [0.1, 0.15) is 11.4 Å². The van der Waals surface area contributed by atoms with Gasteiger partial charge in [0.25, 0.3) is 5.56 Å². The number of H-pyrrole nitrogens is 2. The summed E-state index contributed by atoms with van der Waals surface area (Å²) in [6, 6.07) is 9.77. The van der Waals surface area contributed by atoms with E-state index in [0.717, 1.165) is 5.56 Å². The molecule has 0 aliphatic heterocycles. The van der Waals surface area contributed by atoms with Gasteiger partial charge in [-0.05, 0) is 12.5 Å². The molecule has 0 saturated carbocycles. The van der Waals surface area contributed by atoms with Crippen LogP contribution in [0.15, 0.2) is 39.9 Å². The highest BCUT2D eigenvalue weighted by atomic mass is 16.2. The molecule has 0 atom stereocenters. The van der Waals surface area contributed by atoms with Gasteiger partial charge in [-0.3, -0.25) is 14.8 Å². The molecule has 96 valence electrons. The van der Waals surface area contributed by atoms with Crippen molar-refractivity contribution in [3.05, 3.63) is 62.6 Å². The quantitative estimate of drug-likeness (QED) is 0.710. The summed E-state index contributed by atoms with van der Waals surface area (Å²) in [5.41, 5.74) is 0.816. The average Bonchev–Trinajstić information content (AvgIpc) is 2.67. The number of nitrogens with zero attached hydrogens (tertiary/aromatic N) is 2. The maximum atomic E-state index is 11.9. The Balaban J connectivity index is 2.21. The number of hydrogen-bond donors (Lipinski definition) is 2. The number of imidazole rings is 1. The molecule has 0 bridgehead atoms. The van der Waals surface area contributed by atoms with Crippen molar-refractivity contribution >= 4 is 11.2 Å². The summed E-state index contributed by atoms with van der Waals surface area (Å²) < 4.78 is 1.79. The van der Waals surface area contributed by atoms with E-state index in [1.54, 1.807) is 11.5 Å². The second-order valence-corrected chi connectivity index (χ2v) is 4.34. The first-order chi connectivity index (χ1) is 9.15. The van der Waals surface area contributed by atoms with Gasteiger partial charge in [0.15, 0.2) is 11.2 Å². The summed E-state index contributed by atoms with van der Waals surface area (Å²) in [5, 5.41) is 0. The van der Waals surface area contributed by atoms with Crippen LogP contribution in [0.4, 0.5) is 0 Å². The van der Waals surface area contributed by atoms with Crippen molar-refractivity contribution in [3.8, 4) is 0 Å². The highest BCUT2D eigenvalue weighted by Gasteiger charge is 2.12. The summed E-state index contributed by atoms with van der Waals surface area (Å²) in [6.07, 6.45) is 0. The fourth-order valence-corrected chi connectivity index (χ4v) is 2.14. The Morgan fingerprint density at radius 2 is 1.89 bits per heavy atom. The summed E-state index contributed by atoms with van der Waals surface area (Å²) in [7, 11) is 0. The van der Waals surface area contributed by atoms with Crippen LogP contribution in [0.2, 0.25) is 0 Å². The van der Waals surface area contributed by atoms with Gasteiger partial charge in [-0.2, -0.15) is 0 Å². The third kappa shape index (κ3) is 1.97. The van der Waals surface area contributed by atoms with Crippen molar-refractivity contribution < 1.29 is 0 Å². The maximum absolute atomic E-state index is 11.9. The van der Waals surface area contributed by atoms with Gasteiger partial charge in [0.1, 0.15) is 5.82 Å². The van der Waals surface area contributed by atoms with Gasteiger partial charge in [-0.25, -0.2) is 9.78 Å². The van der Waals surface area contributed by atoms with Crippen molar-refractivity contribution in [2.75, 3.05) is 0 Å². The van der Waals surface area contributed by atoms with Crippen molar-refractivity contribution in [2.45, 2.75) is 13.5 Å². The second kappa shape index (κ2) is 4.24. The van der Waals surface area contributed by atoms with E-state index in [4.69, 9.17) is 0 Å². The largest absolute Gasteiger partial charge is 0.327 e. The fourth-order valence-electron chi connectivity index (χ4n) is 2.14. The van der Waals surface area contributed by atoms with E-state index >= 15 is 0 Å². The number of aromatic nitrogens is 4. The summed E-state index contributed by atoms with van der Waals surface area (Å²) in [4.78, 5) is 32.1. The Labute approximate surface area is 107 Å². The number of hydrogen-bond acceptors (Lipinski definition) is 3. The number of rotatable bonds is 2. The summed E-state index contributed by atoms with van der Waals surface area (Å²) >= 11 is 0. The van der Waals surface area contributed by atoms with Crippen LogP contribution < -0.4 is 11.2 Å². The predicted molar refractivity (Wildman–Crippen MR) is 71.3 cm³/mol. The molecular formula is C13H12N4O2. The molecule has 2 N–H and O–H groups in total. The number of aryl methyl sites for hydroxylation is 1. The molecule has 6 heteroatoms. The minimum Gasteiger partial charge on any atom is -0.318 e. The predicted octanol–water partition coefficient (Wildman–Crippen LogP) is 0.770. The molecule has 0 saturated heterocycles. The lowest BCUT2D eigenvalue weighted by molar-refractivity contribution is 0.782. The van der Waals surface area contributed by atoms with Gasteiger partial charge in [0, 0.05) is 6.54 Å². The third-order valence-corrected chi connectivity index (χ3v) is 3.02. The zero-order valence-electron chi connectivity index (χ0n) is 10.3. The Bertz CT molecular complexity index is 842. The Morgan fingerprint density at radius 3 is 2.63 bits per heavy atom. The van der Waals surface area contributed by atoms with E-state index in [0.29, 0.717) is 23.5 Å². The maximum Gasteiger partial charge on any atom is 0.327 e. The average molecular weight is 256 g/mol. The molecule has 2 heterocycles. The van der Waals surface area contributed by atoms with Crippen LogP contribution >= 0.6 is 0 Å². The van der Waals surface area contributed by atoms with E-state index in [9.17, 15) is 9.59 Å². The first-order valence-electron chi connectivity index (χ1n) is 5.88. The first kappa shape index (κ1) is 11.5. The highest BCUT2D eigenvalue weighted by Crippen LogP contribution is 2.11. The monoisotopic (exact) mass is 256 g/mol. The molecule has 0 amide bonds. The van der Waals surface area contributed by atoms with Crippen LogP contribution in [-0.2, 0) is 6.54 Å². The molecule has 0 spiro atoms. The van der Waals surface area contributed by atoms with Crippen LogP contribution in [0.25, 0.3) is 11.2 Å². The Morgan fingerprint density at radius 1 is 1.16 bits per heavy atom. The number of benzene rings is 1. The smallest absolute Gasteiger partial charge is 0.318 e. The minimum atomic E-state index is -0.540. The van der Waals surface area contributed by atoms with Crippen LogP contribution in [0.5, 0.6) is 0 Å². The molecule has 3 rings (SSSR count). The molecule has 3 aromatic rings.